The van der Waals surface area contributed by atoms with E-state index in [0.717, 1.165) is 25.3 Å². The molecule has 3 rings (SSSR count). The molecule has 3 aliphatic rings. The highest BCUT2D eigenvalue weighted by atomic mass is 16.6. The van der Waals surface area contributed by atoms with E-state index in [4.69, 9.17) is 4.74 Å². The first-order valence-corrected chi connectivity index (χ1v) is 10.9. The third-order valence-electron chi connectivity index (χ3n) is 7.42. The summed E-state index contributed by atoms with van der Waals surface area (Å²) < 4.78 is 5.86. The van der Waals surface area contributed by atoms with Gasteiger partial charge in [-0.2, -0.15) is 0 Å². The molecule has 0 aromatic heterocycles. The highest BCUT2D eigenvalue weighted by Crippen LogP contribution is 2.56. The fraction of sp³-hybridized carbons (Fsp3) is 0.870. The molecule has 3 fully saturated rings. The monoisotopic (exact) mass is 361 g/mol. The van der Waals surface area contributed by atoms with Gasteiger partial charge in [0.15, 0.2) is 0 Å². The first kappa shape index (κ1) is 19.9. The predicted octanol–water partition coefficient (Wildman–Crippen LogP) is 5.11. The summed E-state index contributed by atoms with van der Waals surface area (Å²) in [6, 6.07) is 0.471. The van der Waals surface area contributed by atoms with Crippen molar-refractivity contribution in [3.05, 3.63) is 12.2 Å². The van der Waals surface area contributed by atoms with Crippen LogP contribution in [0.2, 0.25) is 0 Å². The van der Waals surface area contributed by atoms with E-state index in [2.05, 4.69) is 39.6 Å². The van der Waals surface area contributed by atoms with E-state index >= 15 is 0 Å². The number of hydrogen-bond donors (Lipinski definition) is 1. The number of esters is 1. The molecular weight excluding hydrogens is 322 g/mol. The van der Waals surface area contributed by atoms with Crippen molar-refractivity contribution in [2.45, 2.75) is 91.2 Å². The fourth-order valence-electron chi connectivity index (χ4n) is 5.75. The van der Waals surface area contributed by atoms with Gasteiger partial charge in [0.25, 0.3) is 0 Å². The van der Waals surface area contributed by atoms with Crippen LogP contribution in [0.1, 0.15) is 79.1 Å². The maximum absolute atomic E-state index is 12.6. The molecule has 1 aliphatic heterocycles. The lowest BCUT2D eigenvalue weighted by atomic mass is 9.55. The Labute approximate surface area is 160 Å². The second-order valence-corrected chi connectivity index (χ2v) is 10.0. The lowest BCUT2D eigenvalue weighted by molar-refractivity contribution is -0.146. The molecule has 0 spiro atoms. The van der Waals surface area contributed by atoms with Crippen LogP contribution < -0.4 is 5.32 Å². The van der Waals surface area contributed by atoms with Crippen LogP contribution in [0.3, 0.4) is 0 Å². The predicted molar refractivity (Wildman–Crippen MR) is 107 cm³/mol. The van der Waals surface area contributed by atoms with Gasteiger partial charge >= 0.3 is 5.97 Å². The highest BCUT2D eigenvalue weighted by molar-refractivity contribution is 5.75. The van der Waals surface area contributed by atoms with Gasteiger partial charge in [0, 0.05) is 18.5 Å². The summed E-state index contributed by atoms with van der Waals surface area (Å²) in [5, 5.41) is 3.63. The van der Waals surface area contributed by atoms with Crippen LogP contribution >= 0.6 is 0 Å². The van der Waals surface area contributed by atoms with Gasteiger partial charge in [-0.15, -0.1) is 0 Å². The molecule has 0 amide bonds. The van der Waals surface area contributed by atoms with Gasteiger partial charge in [-0.05, 0) is 62.7 Å². The fourth-order valence-corrected chi connectivity index (χ4v) is 5.75. The van der Waals surface area contributed by atoms with Crippen molar-refractivity contribution < 1.29 is 9.53 Å². The van der Waals surface area contributed by atoms with E-state index in [1.807, 2.05) is 0 Å². The summed E-state index contributed by atoms with van der Waals surface area (Å²) in [6.45, 7) is 14.4. The molecule has 6 atom stereocenters. The Morgan fingerprint density at radius 2 is 2.08 bits per heavy atom. The quantitative estimate of drug-likeness (QED) is 0.506. The van der Waals surface area contributed by atoms with Crippen molar-refractivity contribution in [2.75, 3.05) is 6.54 Å². The Hall–Kier alpha value is -0.830. The van der Waals surface area contributed by atoms with E-state index in [-0.39, 0.29) is 18.0 Å². The molecule has 0 unspecified atom stereocenters. The van der Waals surface area contributed by atoms with Crippen molar-refractivity contribution >= 4 is 5.97 Å². The average Bonchev–Trinajstić information content (AvgIpc) is 2.84. The minimum atomic E-state index is 0.0341. The maximum Gasteiger partial charge on any atom is 0.310 e. The van der Waals surface area contributed by atoms with Crippen LogP contribution in [0.5, 0.6) is 0 Å². The molecule has 0 radical (unpaired) electrons. The normalized spacial score (nSPS) is 38.0. The molecule has 148 valence electrons. The standard InChI is InChI=1S/C23H39NO2/c1-15(2)8-6-10-17(4)24-14-19-18-12-20-16(3)9-7-11-23(20,5)13-21(18)26-22(19)25/h15,17-21,24H,3,6-14H2,1-2,4-5H3/t17-,18+,19-,20+,21-,23-/m0/s1. The van der Waals surface area contributed by atoms with E-state index in [9.17, 15) is 4.79 Å². The number of fused-ring (bicyclic) bond motifs is 2. The van der Waals surface area contributed by atoms with Crippen LogP contribution in [0.15, 0.2) is 12.2 Å². The van der Waals surface area contributed by atoms with Crippen molar-refractivity contribution in [1.82, 2.24) is 5.32 Å². The Kier molecular flexibility index (Phi) is 6.16. The highest BCUT2D eigenvalue weighted by Gasteiger charge is 2.54. The molecule has 0 bridgehead atoms. The van der Waals surface area contributed by atoms with Crippen molar-refractivity contribution in [3.8, 4) is 0 Å². The molecule has 3 nitrogen and oxygen atoms in total. The topological polar surface area (TPSA) is 38.3 Å². The lowest BCUT2D eigenvalue weighted by Gasteiger charge is -2.50. The van der Waals surface area contributed by atoms with Gasteiger partial charge in [0.2, 0.25) is 0 Å². The smallest absolute Gasteiger partial charge is 0.310 e. The molecule has 1 heterocycles. The van der Waals surface area contributed by atoms with Crippen LogP contribution in [-0.4, -0.2) is 24.7 Å². The van der Waals surface area contributed by atoms with Gasteiger partial charge in [0.1, 0.15) is 6.10 Å². The maximum atomic E-state index is 12.6. The van der Waals surface area contributed by atoms with E-state index < -0.39 is 0 Å². The van der Waals surface area contributed by atoms with Crippen molar-refractivity contribution in [2.24, 2.45) is 29.1 Å². The van der Waals surface area contributed by atoms with Gasteiger partial charge in [0.05, 0.1) is 5.92 Å². The Balaban J connectivity index is 1.56. The molecule has 2 aliphatic carbocycles. The minimum Gasteiger partial charge on any atom is -0.462 e. The van der Waals surface area contributed by atoms with Gasteiger partial charge in [-0.3, -0.25) is 4.79 Å². The molecule has 26 heavy (non-hydrogen) atoms. The summed E-state index contributed by atoms with van der Waals surface area (Å²) >= 11 is 0. The van der Waals surface area contributed by atoms with E-state index in [1.165, 1.54) is 44.1 Å². The average molecular weight is 362 g/mol. The molecule has 0 aromatic rings. The number of nitrogens with one attached hydrogen (secondary N) is 1. The number of rotatable bonds is 7. The molecular formula is C23H39NO2. The summed E-state index contributed by atoms with van der Waals surface area (Å²) in [4.78, 5) is 12.6. The zero-order valence-electron chi connectivity index (χ0n) is 17.4. The van der Waals surface area contributed by atoms with Crippen LogP contribution in [0.25, 0.3) is 0 Å². The largest absolute Gasteiger partial charge is 0.462 e. The number of carbonyl (C=O) groups excluding carboxylic acids is 1. The summed E-state index contributed by atoms with van der Waals surface area (Å²) in [5.74, 6) is 1.80. The summed E-state index contributed by atoms with van der Waals surface area (Å²) in [7, 11) is 0. The van der Waals surface area contributed by atoms with Crippen LogP contribution in [0, 0.1) is 29.1 Å². The zero-order valence-corrected chi connectivity index (χ0v) is 17.4. The number of carbonyl (C=O) groups is 1. The first-order chi connectivity index (χ1) is 12.3. The Bertz CT molecular complexity index is 528. The minimum absolute atomic E-state index is 0.0341. The van der Waals surface area contributed by atoms with Gasteiger partial charge < -0.3 is 10.1 Å². The Morgan fingerprint density at radius 1 is 1.31 bits per heavy atom. The van der Waals surface area contributed by atoms with Gasteiger partial charge in [-0.1, -0.05) is 45.8 Å². The second kappa shape index (κ2) is 8.04. The number of ether oxygens (including phenoxy) is 1. The second-order valence-electron chi connectivity index (χ2n) is 10.0. The first-order valence-electron chi connectivity index (χ1n) is 10.9. The molecule has 1 N–H and O–H groups in total. The Morgan fingerprint density at radius 3 is 2.81 bits per heavy atom. The summed E-state index contributed by atoms with van der Waals surface area (Å²) in [6.07, 6.45) is 9.67. The third kappa shape index (κ3) is 4.18. The van der Waals surface area contributed by atoms with Crippen molar-refractivity contribution in [3.63, 3.8) is 0 Å². The molecule has 2 saturated carbocycles. The molecule has 1 saturated heterocycles. The van der Waals surface area contributed by atoms with E-state index in [0.29, 0.717) is 23.3 Å². The van der Waals surface area contributed by atoms with Gasteiger partial charge in [-0.25, -0.2) is 0 Å². The van der Waals surface area contributed by atoms with Crippen LogP contribution in [0.4, 0.5) is 0 Å². The zero-order chi connectivity index (χ0) is 18.9. The lowest BCUT2D eigenvalue weighted by Crippen LogP contribution is -2.45. The molecule has 3 heteroatoms. The number of allylic oxidation sites excluding steroid dienone is 1. The SMILES string of the molecule is C=C1CCC[C@@]2(C)C[C@@H]3OC(=O)[C@@H](CN[C@@H](C)CCCC(C)C)[C@H]3C[C@H]12. The summed E-state index contributed by atoms with van der Waals surface area (Å²) in [5.41, 5.74) is 1.72. The third-order valence-corrected chi connectivity index (χ3v) is 7.42. The number of hydrogen-bond acceptors (Lipinski definition) is 3. The molecule has 0 aromatic carbocycles. The van der Waals surface area contributed by atoms with E-state index in [1.54, 1.807) is 0 Å². The van der Waals surface area contributed by atoms with Crippen molar-refractivity contribution in [1.29, 1.82) is 0 Å². The van der Waals surface area contributed by atoms with Crippen LogP contribution in [-0.2, 0) is 9.53 Å².